The normalized spacial score (nSPS) is 12.5. The summed E-state index contributed by atoms with van der Waals surface area (Å²) >= 11 is 3.47. The number of hydrogen-bond donors (Lipinski definition) is 1. The van der Waals surface area contributed by atoms with E-state index in [-0.39, 0.29) is 12.5 Å². The van der Waals surface area contributed by atoms with Crippen molar-refractivity contribution in [3.63, 3.8) is 0 Å². The van der Waals surface area contributed by atoms with Gasteiger partial charge in [-0.05, 0) is 41.9 Å². The van der Waals surface area contributed by atoms with Crippen LogP contribution >= 0.6 is 15.9 Å². The molecule has 1 N–H and O–H groups in total. The molecule has 0 spiro atoms. The van der Waals surface area contributed by atoms with E-state index in [9.17, 15) is 4.79 Å². The first kappa shape index (κ1) is 19.3. The quantitative estimate of drug-likeness (QED) is 0.598. The van der Waals surface area contributed by atoms with Crippen molar-refractivity contribution in [1.29, 1.82) is 0 Å². The van der Waals surface area contributed by atoms with Gasteiger partial charge >= 0.3 is 0 Å². The van der Waals surface area contributed by atoms with Crippen molar-refractivity contribution in [2.75, 3.05) is 18.5 Å². The molecule has 7 nitrogen and oxygen atoms in total. The van der Waals surface area contributed by atoms with Crippen LogP contribution in [0.4, 0.5) is 5.69 Å². The Morgan fingerprint density at radius 3 is 2.62 bits per heavy atom. The molecule has 1 amide bonds. The first-order chi connectivity index (χ1) is 14.0. The molecule has 8 heteroatoms. The van der Waals surface area contributed by atoms with Gasteiger partial charge in [0, 0.05) is 16.6 Å². The van der Waals surface area contributed by atoms with Gasteiger partial charge in [0.1, 0.15) is 31.3 Å². The highest BCUT2D eigenvalue weighted by atomic mass is 79.9. The summed E-state index contributed by atoms with van der Waals surface area (Å²) in [4.78, 5) is 12.9. The number of rotatable bonds is 5. The molecule has 0 bridgehead atoms. The van der Waals surface area contributed by atoms with Crippen LogP contribution in [0.2, 0.25) is 0 Å². The second-order valence-electron chi connectivity index (χ2n) is 6.52. The first-order valence-electron chi connectivity index (χ1n) is 9.07. The van der Waals surface area contributed by atoms with E-state index in [4.69, 9.17) is 18.7 Å². The Morgan fingerprint density at radius 1 is 1.17 bits per heavy atom. The second kappa shape index (κ2) is 8.16. The fourth-order valence-corrected chi connectivity index (χ4v) is 3.41. The predicted octanol–water partition coefficient (Wildman–Crippen LogP) is 4.66. The van der Waals surface area contributed by atoms with Gasteiger partial charge in [-0.15, -0.1) is 0 Å². The molecule has 0 saturated heterocycles. The summed E-state index contributed by atoms with van der Waals surface area (Å²) in [5.41, 5.74) is 2.64. The van der Waals surface area contributed by atoms with Gasteiger partial charge < -0.3 is 24.1 Å². The second-order valence-corrected chi connectivity index (χ2v) is 7.37. The zero-order chi connectivity index (χ0) is 20.4. The Bertz CT molecular complexity index is 1040. The predicted molar refractivity (Wildman–Crippen MR) is 110 cm³/mol. The average Bonchev–Trinajstić information content (AvgIpc) is 3.04. The van der Waals surface area contributed by atoms with Crippen LogP contribution in [-0.4, -0.2) is 24.3 Å². The number of nitrogens with one attached hydrogen (secondary N) is 1. The number of aromatic nitrogens is 1. The molecule has 0 aliphatic carbocycles. The van der Waals surface area contributed by atoms with Gasteiger partial charge in [-0.3, -0.25) is 4.79 Å². The highest BCUT2D eigenvalue weighted by Crippen LogP contribution is 2.38. The lowest BCUT2D eigenvalue weighted by atomic mass is 10.1. The summed E-state index contributed by atoms with van der Waals surface area (Å²) in [6.07, 6.45) is 0. The summed E-state index contributed by atoms with van der Waals surface area (Å²) in [5, 5.41) is 6.83. The number of amides is 1. The van der Waals surface area contributed by atoms with Crippen molar-refractivity contribution in [3.8, 4) is 17.2 Å². The lowest BCUT2D eigenvalue weighted by molar-refractivity contribution is 0.102. The van der Waals surface area contributed by atoms with Crippen LogP contribution in [-0.2, 0) is 6.61 Å². The third-order valence-electron chi connectivity index (χ3n) is 4.56. The van der Waals surface area contributed by atoms with Crippen LogP contribution in [0.15, 0.2) is 45.4 Å². The van der Waals surface area contributed by atoms with Crippen LogP contribution in [0.25, 0.3) is 0 Å². The molecule has 2 heterocycles. The lowest BCUT2D eigenvalue weighted by Gasteiger charge is -2.20. The van der Waals surface area contributed by atoms with E-state index < -0.39 is 0 Å². The van der Waals surface area contributed by atoms with E-state index in [2.05, 4.69) is 26.4 Å². The zero-order valence-electron chi connectivity index (χ0n) is 16.0. The number of nitrogens with zero attached hydrogens (tertiary/aromatic N) is 1. The third kappa shape index (κ3) is 4.07. The number of halogens is 1. The average molecular weight is 459 g/mol. The summed E-state index contributed by atoms with van der Waals surface area (Å²) < 4.78 is 22.9. The van der Waals surface area contributed by atoms with E-state index in [0.29, 0.717) is 51.9 Å². The molecule has 0 saturated carbocycles. The van der Waals surface area contributed by atoms with Gasteiger partial charge in [-0.25, -0.2) is 0 Å². The number of hydrogen-bond acceptors (Lipinski definition) is 6. The molecule has 4 rings (SSSR count). The van der Waals surface area contributed by atoms with Gasteiger partial charge in [0.2, 0.25) is 0 Å². The molecule has 0 fully saturated rings. The minimum atomic E-state index is -0.295. The molecule has 29 heavy (non-hydrogen) atoms. The molecule has 150 valence electrons. The maximum atomic E-state index is 12.9. The van der Waals surface area contributed by atoms with E-state index in [0.717, 1.165) is 11.3 Å². The topological polar surface area (TPSA) is 82.8 Å². The minimum Gasteiger partial charge on any atom is -0.488 e. The van der Waals surface area contributed by atoms with Crippen molar-refractivity contribution in [2.45, 2.75) is 20.5 Å². The summed E-state index contributed by atoms with van der Waals surface area (Å²) in [7, 11) is 0. The molecular formula is C21H19BrN2O5. The summed E-state index contributed by atoms with van der Waals surface area (Å²) in [6, 6.07) is 10.6. The number of carbonyl (C=O) groups excluding carboxylic acids is 1. The van der Waals surface area contributed by atoms with Gasteiger partial charge in [0.05, 0.1) is 22.5 Å². The summed E-state index contributed by atoms with van der Waals surface area (Å²) in [5.74, 6) is 2.11. The van der Waals surface area contributed by atoms with Crippen LogP contribution in [0.1, 0.15) is 27.4 Å². The van der Waals surface area contributed by atoms with Gasteiger partial charge in [-0.2, -0.15) is 0 Å². The number of para-hydroxylation sites is 1. The standard InChI is InChI=1S/C21H19BrN2O5/c1-12-15(13(2)29-24-12)11-28-18-6-4-3-5-14(18)21(25)23-17-10-20-19(9-16(17)22)26-7-8-27-20/h3-6,9-10H,7-8,11H2,1-2H3,(H,23,25). The number of anilines is 1. The molecule has 0 atom stereocenters. The van der Waals surface area contributed by atoms with Crippen molar-refractivity contribution < 1.29 is 23.5 Å². The van der Waals surface area contributed by atoms with Crippen LogP contribution in [0.5, 0.6) is 17.2 Å². The summed E-state index contributed by atoms with van der Waals surface area (Å²) in [6.45, 7) is 4.92. The highest BCUT2D eigenvalue weighted by Gasteiger charge is 2.19. The van der Waals surface area contributed by atoms with Gasteiger partial charge in [-0.1, -0.05) is 17.3 Å². The third-order valence-corrected chi connectivity index (χ3v) is 5.22. The van der Waals surface area contributed by atoms with E-state index in [1.807, 2.05) is 19.9 Å². The molecular weight excluding hydrogens is 440 g/mol. The number of fused-ring (bicyclic) bond motifs is 1. The van der Waals surface area contributed by atoms with Crippen molar-refractivity contribution in [1.82, 2.24) is 5.16 Å². The molecule has 2 aromatic carbocycles. The van der Waals surface area contributed by atoms with E-state index in [1.54, 1.807) is 30.3 Å². The molecule has 1 aliphatic rings. The SMILES string of the molecule is Cc1noc(C)c1COc1ccccc1C(=O)Nc1cc2c(cc1Br)OCCO2. The Morgan fingerprint density at radius 2 is 1.90 bits per heavy atom. The van der Waals surface area contributed by atoms with Crippen LogP contribution in [0.3, 0.4) is 0 Å². The van der Waals surface area contributed by atoms with Crippen molar-refractivity contribution in [2.24, 2.45) is 0 Å². The van der Waals surface area contributed by atoms with Crippen molar-refractivity contribution >= 4 is 27.5 Å². The molecule has 1 aromatic heterocycles. The molecule has 0 radical (unpaired) electrons. The fourth-order valence-electron chi connectivity index (χ4n) is 2.99. The molecule has 1 aliphatic heterocycles. The minimum absolute atomic E-state index is 0.263. The number of benzene rings is 2. The number of carbonyl (C=O) groups is 1. The Balaban J connectivity index is 1.54. The smallest absolute Gasteiger partial charge is 0.259 e. The zero-order valence-corrected chi connectivity index (χ0v) is 17.5. The number of aryl methyl sites for hydroxylation is 2. The molecule has 3 aromatic rings. The fraction of sp³-hybridized carbons (Fsp3) is 0.238. The Kier molecular flexibility index (Phi) is 5.44. The number of ether oxygens (including phenoxy) is 3. The van der Waals surface area contributed by atoms with Gasteiger partial charge in [0.15, 0.2) is 11.5 Å². The van der Waals surface area contributed by atoms with Crippen LogP contribution in [0, 0.1) is 13.8 Å². The monoisotopic (exact) mass is 458 g/mol. The molecule has 0 unspecified atom stereocenters. The largest absolute Gasteiger partial charge is 0.488 e. The first-order valence-corrected chi connectivity index (χ1v) is 9.86. The Hall–Kier alpha value is -3.00. The highest BCUT2D eigenvalue weighted by molar-refractivity contribution is 9.10. The van der Waals surface area contributed by atoms with Crippen molar-refractivity contribution in [3.05, 3.63) is 63.5 Å². The van der Waals surface area contributed by atoms with E-state index in [1.165, 1.54) is 0 Å². The maximum absolute atomic E-state index is 12.9. The lowest BCUT2D eigenvalue weighted by Crippen LogP contribution is -2.17. The Labute approximate surface area is 176 Å². The van der Waals surface area contributed by atoms with Gasteiger partial charge in [0.25, 0.3) is 5.91 Å². The van der Waals surface area contributed by atoms with Crippen LogP contribution < -0.4 is 19.5 Å². The van der Waals surface area contributed by atoms with E-state index >= 15 is 0 Å². The maximum Gasteiger partial charge on any atom is 0.259 e.